The molecule has 194 valence electrons. The summed E-state index contributed by atoms with van der Waals surface area (Å²) in [6.07, 6.45) is 3.06. The lowest BCUT2D eigenvalue weighted by molar-refractivity contribution is 0.0716. The minimum Gasteiger partial charge on any atom is -0.420 e. The van der Waals surface area contributed by atoms with Crippen molar-refractivity contribution in [1.82, 2.24) is 9.97 Å². The van der Waals surface area contributed by atoms with Crippen molar-refractivity contribution >= 4 is 65.3 Å². The van der Waals surface area contributed by atoms with E-state index in [2.05, 4.69) is 41.8 Å². The van der Waals surface area contributed by atoms with Gasteiger partial charge in [-0.05, 0) is 89.8 Å². The van der Waals surface area contributed by atoms with E-state index in [4.69, 9.17) is 9.47 Å². The summed E-state index contributed by atoms with van der Waals surface area (Å²) < 4.78 is 13.2. The molecular weight excluding hydrogens is 636 g/mol. The van der Waals surface area contributed by atoms with Gasteiger partial charge in [0.1, 0.15) is 11.4 Å². The van der Waals surface area contributed by atoms with Gasteiger partial charge in [-0.3, -0.25) is 0 Å². The number of carbonyl (C=O) groups is 2. The minimum atomic E-state index is -0.621. The van der Waals surface area contributed by atoms with Gasteiger partial charge in [-0.15, -0.1) is 0 Å². The average Bonchev–Trinajstić information content (AvgIpc) is 2.99. The average molecular weight is 654 g/mol. The van der Waals surface area contributed by atoms with Gasteiger partial charge in [0.15, 0.2) is 11.5 Å². The molecule has 4 aromatic carbocycles. The Labute approximate surface area is 245 Å². The number of esters is 2. The number of fused-ring (bicyclic) bond motifs is 2. The highest BCUT2D eigenvalue weighted by atomic mass is 79.9. The summed E-state index contributed by atoms with van der Waals surface area (Å²) in [7, 11) is 0. The topological polar surface area (TPSA) is 78.4 Å². The van der Waals surface area contributed by atoms with E-state index in [0.717, 1.165) is 21.5 Å². The van der Waals surface area contributed by atoms with Gasteiger partial charge in [0, 0.05) is 23.5 Å². The first-order valence-electron chi connectivity index (χ1n) is 12.2. The lowest BCUT2D eigenvalue weighted by Crippen LogP contribution is -2.13. The number of benzene rings is 4. The van der Waals surface area contributed by atoms with E-state index in [1.54, 1.807) is 36.4 Å². The van der Waals surface area contributed by atoms with Gasteiger partial charge in [0.2, 0.25) is 0 Å². The summed E-state index contributed by atoms with van der Waals surface area (Å²) in [5.74, 6) is -0.700. The number of hydrogen-bond acceptors (Lipinski definition) is 6. The molecule has 0 saturated heterocycles. The van der Waals surface area contributed by atoms with Crippen LogP contribution in [0.25, 0.3) is 32.7 Å². The molecule has 0 aliphatic rings. The van der Waals surface area contributed by atoms with Gasteiger partial charge in [-0.1, -0.05) is 60.7 Å². The first-order valence-corrected chi connectivity index (χ1v) is 13.8. The quantitative estimate of drug-likeness (QED) is 0.137. The van der Waals surface area contributed by atoms with Crippen molar-refractivity contribution in [3.8, 4) is 22.6 Å². The highest BCUT2D eigenvalue weighted by Crippen LogP contribution is 2.51. The molecule has 8 heteroatoms. The van der Waals surface area contributed by atoms with Crippen molar-refractivity contribution in [3.63, 3.8) is 0 Å². The largest absolute Gasteiger partial charge is 0.420 e. The molecule has 0 bridgehead atoms. The third kappa shape index (κ3) is 4.87. The molecule has 6 rings (SSSR count). The lowest BCUT2D eigenvalue weighted by Gasteiger charge is -2.20. The van der Waals surface area contributed by atoms with Crippen LogP contribution in [0.5, 0.6) is 11.5 Å². The third-order valence-corrected chi connectivity index (χ3v) is 7.48. The minimum absolute atomic E-state index is 0.161. The number of ether oxygens (including phenoxy) is 2. The van der Waals surface area contributed by atoms with Crippen LogP contribution in [-0.2, 0) is 0 Å². The molecule has 6 nitrogen and oxygen atoms in total. The molecule has 2 heterocycles. The van der Waals surface area contributed by atoms with Crippen LogP contribution in [0.15, 0.2) is 118 Å². The Morgan fingerprint density at radius 3 is 1.35 bits per heavy atom. The highest BCUT2D eigenvalue weighted by Gasteiger charge is 2.27. The van der Waals surface area contributed by atoms with Crippen LogP contribution in [-0.4, -0.2) is 21.9 Å². The summed E-state index contributed by atoms with van der Waals surface area (Å²) in [4.78, 5) is 34.8. The molecule has 0 spiro atoms. The van der Waals surface area contributed by atoms with Crippen LogP contribution in [0.1, 0.15) is 21.0 Å². The van der Waals surface area contributed by atoms with Gasteiger partial charge in [-0.25, -0.2) is 19.6 Å². The van der Waals surface area contributed by atoms with Crippen molar-refractivity contribution in [2.24, 2.45) is 0 Å². The van der Waals surface area contributed by atoms with Crippen molar-refractivity contribution in [2.45, 2.75) is 0 Å². The van der Waals surface area contributed by atoms with E-state index in [9.17, 15) is 9.59 Å². The fourth-order valence-corrected chi connectivity index (χ4v) is 5.59. The van der Waals surface area contributed by atoms with Crippen molar-refractivity contribution < 1.29 is 19.1 Å². The van der Waals surface area contributed by atoms with E-state index in [0.29, 0.717) is 20.1 Å². The first kappa shape index (κ1) is 25.9. The molecule has 0 fully saturated rings. The van der Waals surface area contributed by atoms with E-state index in [1.165, 1.54) is 12.4 Å². The van der Waals surface area contributed by atoms with Crippen LogP contribution in [0.3, 0.4) is 0 Å². The van der Waals surface area contributed by atoms with Gasteiger partial charge in [-0.2, -0.15) is 0 Å². The van der Waals surface area contributed by atoms with Crippen LogP contribution < -0.4 is 9.47 Å². The molecule has 0 saturated carbocycles. The Morgan fingerprint density at radius 2 is 0.950 bits per heavy atom. The predicted molar refractivity (Wildman–Crippen MR) is 161 cm³/mol. The number of halogens is 2. The molecule has 0 unspecified atom stereocenters. The second-order valence-corrected chi connectivity index (χ2v) is 10.5. The van der Waals surface area contributed by atoms with Crippen molar-refractivity contribution in [1.29, 1.82) is 0 Å². The van der Waals surface area contributed by atoms with E-state index in [-0.39, 0.29) is 22.9 Å². The molecule has 0 radical (unpaired) electrons. The number of pyridine rings is 2. The summed E-state index contributed by atoms with van der Waals surface area (Å²) in [5, 5.41) is 3.39. The molecule has 6 aromatic rings. The normalized spacial score (nSPS) is 10.9. The van der Waals surface area contributed by atoms with Crippen LogP contribution in [0.2, 0.25) is 0 Å². The number of carbonyl (C=O) groups excluding carboxylic acids is 2. The van der Waals surface area contributed by atoms with Gasteiger partial charge >= 0.3 is 11.9 Å². The Hall–Kier alpha value is -4.40. The first-order chi connectivity index (χ1) is 19.5. The third-order valence-electron chi connectivity index (χ3n) is 6.30. The SMILES string of the molecule is O=C(Oc1c(Br)cc2ccccc2c1-c1c(OC(=O)c2ccccn2)c(Br)cc2ccccc12)c1ccccn1. The standard InChI is InChI=1S/C32H18Br2N2O4/c33-23-17-19-9-1-3-11-21(19)27(29(23)39-31(37)25-13-5-7-15-35-25)28-22-12-4-2-10-20(22)18-24(34)30(28)40-32(38)26-14-6-8-16-36-26/h1-18H. The van der Waals surface area contributed by atoms with E-state index in [1.807, 2.05) is 60.7 Å². The van der Waals surface area contributed by atoms with Crippen LogP contribution in [0.4, 0.5) is 0 Å². The number of aromatic nitrogens is 2. The molecule has 0 atom stereocenters. The molecule has 0 N–H and O–H groups in total. The number of rotatable bonds is 5. The Kier molecular flexibility index (Phi) is 7.11. The smallest absolute Gasteiger partial charge is 0.362 e. The Bertz CT molecular complexity index is 1770. The Morgan fingerprint density at radius 1 is 0.550 bits per heavy atom. The zero-order valence-corrected chi connectivity index (χ0v) is 23.8. The zero-order chi connectivity index (χ0) is 27.6. The maximum atomic E-state index is 13.3. The molecule has 0 aliphatic carbocycles. The summed E-state index contributed by atoms with van der Waals surface area (Å²) >= 11 is 7.27. The van der Waals surface area contributed by atoms with E-state index >= 15 is 0 Å². The fraction of sp³-hybridized carbons (Fsp3) is 0. The fourth-order valence-electron chi connectivity index (χ4n) is 4.54. The Balaban J connectivity index is 1.65. The highest BCUT2D eigenvalue weighted by molar-refractivity contribution is 9.11. The second kappa shape index (κ2) is 11.0. The van der Waals surface area contributed by atoms with Crippen LogP contribution >= 0.6 is 31.9 Å². The molecular formula is C32H18Br2N2O4. The van der Waals surface area contributed by atoms with Crippen LogP contribution in [0, 0.1) is 0 Å². The van der Waals surface area contributed by atoms with Gasteiger partial charge in [0.05, 0.1) is 8.95 Å². The second-order valence-electron chi connectivity index (χ2n) is 8.78. The molecule has 2 aromatic heterocycles. The summed E-state index contributed by atoms with van der Waals surface area (Å²) in [5.41, 5.74) is 1.48. The number of nitrogens with zero attached hydrogens (tertiary/aromatic N) is 2. The lowest BCUT2D eigenvalue weighted by atomic mass is 9.92. The maximum Gasteiger partial charge on any atom is 0.362 e. The zero-order valence-electron chi connectivity index (χ0n) is 20.7. The predicted octanol–water partition coefficient (Wildman–Crippen LogP) is 8.41. The van der Waals surface area contributed by atoms with Crippen molar-refractivity contribution in [3.05, 3.63) is 130 Å². The van der Waals surface area contributed by atoms with Crippen molar-refractivity contribution in [2.75, 3.05) is 0 Å². The van der Waals surface area contributed by atoms with Gasteiger partial charge < -0.3 is 9.47 Å². The summed E-state index contributed by atoms with van der Waals surface area (Å²) in [6.45, 7) is 0. The maximum absolute atomic E-state index is 13.3. The molecule has 40 heavy (non-hydrogen) atoms. The molecule has 0 aliphatic heterocycles. The summed E-state index contributed by atoms with van der Waals surface area (Å²) in [6, 6.07) is 29.3. The van der Waals surface area contributed by atoms with Gasteiger partial charge in [0.25, 0.3) is 0 Å². The number of hydrogen-bond donors (Lipinski definition) is 0. The monoisotopic (exact) mass is 652 g/mol. The molecule has 0 amide bonds. The van der Waals surface area contributed by atoms with E-state index < -0.39 is 11.9 Å².